The quantitative estimate of drug-likeness (QED) is 0.769. The van der Waals surface area contributed by atoms with Gasteiger partial charge in [0.25, 0.3) is 0 Å². The van der Waals surface area contributed by atoms with Crippen LogP contribution in [-0.4, -0.2) is 21.3 Å². The van der Waals surface area contributed by atoms with Crippen LogP contribution in [0.3, 0.4) is 0 Å². The average Bonchev–Trinajstić information content (AvgIpc) is 2.49. The number of halogens is 1. The van der Waals surface area contributed by atoms with Crippen LogP contribution in [0.5, 0.6) is 11.5 Å². The molecule has 0 atom stereocenters. The highest BCUT2D eigenvalue weighted by atomic mass is 79.9. The zero-order valence-electron chi connectivity index (χ0n) is 11.7. The van der Waals surface area contributed by atoms with Crippen LogP contribution in [0, 0.1) is 0 Å². The lowest BCUT2D eigenvalue weighted by molar-refractivity contribution is 0.415. The fourth-order valence-corrected chi connectivity index (χ4v) is 3.35. The zero-order valence-corrected chi connectivity index (χ0v) is 14.3. The molecule has 0 saturated carbocycles. The van der Waals surface area contributed by atoms with Crippen LogP contribution in [0.1, 0.15) is 0 Å². The second kappa shape index (κ2) is 8.25. The van der Waals surface area contributed by atoms with Gasteiger partial charge in [-0.1, -0.05) is 0 Å². The summed E-state index contributed by atoms with van der Waals surface area (Å²) >= 11 is 0. The average molecular weight is 357 g/mol. The van der Waals surface area contributed by atoms with Gasteiger partial charge in [-0.3, -0.25) is 0 Å². The highest BCUT2D eigenvalue weighted by molar-refractivity contribution is 8.93. The molecule has 0 aromatic heterocycles. The van der Waals surface area contributed by atoms with Gasteiger partial charge in [0.05, 0.1) is 22.4 Å². The minimum absolute atomic E-state index is 0. The molecule has 108 valence electrons. The minimum Gasteiger partial charge on any atom is -0.497 e. The largest absolute Gasteiger partial charge is 0.497 e. The molecule has 5 heteroatoms. The van der Waals surface area contributed by atoms with Gasteiger partial charge < -0.3 is 14.0 Å². The predicted octanol–water partition coefficient (Wildman–Crippen LogP) is 3.28. The molecule has 0 bridgehead atoms. The number of hydrogen-bond donors (Lipinski definition) is 0. The Kier molecular flexibility index (Phi) is 7.00. The molecule has 0 heterocycles. The molecule has 2 aromatic rings. The molecule has 0 amide bonds. The third-order valence-corrected chi connectivity index (χ3v) is 4.70. The van der Waals surface area contributed by atoms with Crippen molar-refractivity contribution < 1.29 is 14.0 Å². The van der Waals surface area contributed by atoms with Gasteiger partial charge in [-0.15, -0.1) is 17.0 Å². The molecule has 2 rings (SSSR count). The van der Waals surface area contributed by atoms with Gasteiger partial charge in [0.2, 0.25) is 0 Å². The van der Waals surface area contributed by atoms with Crippen LogP contribution in [0.15, 0.2) is 48.5 Å². The van der Waals surface area contributed by atoms with Crippen molar-refractivity contribution in [2.24, 2.45) is 0 Å². The molecule has 20 heavy (non-hydrogen) atoms. The summed E-state index contributed by atoms with van der Waals surface area (Å²) in [4.78, 5) is 0. The van der Waals surface area contributed by atoms with E-state index in [0.29, 0.717) is 0 Å². The highest BCUT2D eigenvalue weighted by Crippen LogP contribution is 2.34. The maximum absolute atomic E-state index is 5.65. The van der Waals surface area contributed by atoms with Crippen molar-refractivity contribution in [3.8, 4) is 11.5 Å². The molecule has 0 unspecified atom stereocenters. The standard InChI is InChI=1S/C15H17O3P.BrH/c1-16-12-4-8-14(9-5-12)19(18-3)15-10-6-13(17-2)7-11-15;/h4-11H,1-3H3;1H. The first kappa shape index (κ1) is 17.0. The van der Waals surface area contributed by atoms with E-state index in [-0.39, 0.29) is 17.0 Å². The molecule has 0 fully saturated rings. The van der Waals surface area contributed by atoms with Gasteiger partial charge in [0.1, 0.15) is 11.5 Å². The van der Waals surface area contributed by atoms with E-state index >= 15 is 0 Å². The molecule has 0 saturated heterocycles. The normalized spacial score (nSPS) is 10.0. The summed E-state index contributed by atoms with van der Waals surface area (Å²) < 4.78 is 16.0. The monoisotopic (exact) mass is 356 g/mol. The Morgan fingerprint density at radius 2 is 1.00 bits per heavy atom. The maximum atomic E-state index is 5.65. The number of methoxy groups -OCH3 is 2. The van der Waals surface area contributed by atoms with Crippen molar-refractivity contribution in [1.82, 2.24) is 0 Å². The number of hydrogen-bond acceptors (Lipinski definition) is 3. The summed E-state index contributed by atoms with van der Waals surface area (Å²) in [5, 5.41) is 2.31. The fourth-order valence-electron chi connectivity index (χ4n) is 1.80. The van der Waals surface area contributed by atoms with Crippen molar-refractivity contribution in [3.05, 3.63) is 48.5 Å². The smallest absolute Gasteiger partial charge is 0.118 e. The fraction of sp³-hybridized carbons (Fsp3) is 0.200. The van der Waals surface area contributed by atoms with Crippen LogP contribution < -0.4 is 20.1 Å². The molecule has 0 aliphatic heterocycles. The predicted molar refractivity (Wildman–Crippen MR) is 89.5 cm³/mol. The lowest BCUT2D eigenvalue weighted by Crippen LogP contribution is -2.12. The summed E-state index contributed by atoms with van der Waals surface area (Å²) in [6, 6.07) is 16.0. The second-order valence-corrected chi connectivity index (χ2v) is 5.86. The van der Waals surface area contributed by atoms with E-state index in [1.54, 1.807) is 21.3 Å². The van der Waals surface area contributed by atoms with Gasteiger partial charge in [-0.2, -0.15) is 0 Å². The Morgan fingerprint density at radius 3 is 1.25 bits per heavy atom. The lowest BCUT2D eigenvalue weighted by Gasteiger charge is -2.16. The molecule has 0 aliphatic rings. The Hall–Kier alpha value is -1.09. The Morgan fingerprint density at radius 1 is 0.650 bits per heavy atom. The molecular weight excluding hydrogens is 339 g/mol. The summed E-state index contributed by atoms with van der Waals surface area (Å²) in [5.74, 6) is 1.70. The molecule has 2 aromatic carbocycles. The van der Waals surface area contributed by atoms with Crippen molar-refractivity contribution in [3.63, 3.8) is 0 Å². The summed E-state index contributed by atoms with van der Waals surface area (Å²) in [5.41, 5.74) is 0. The summed E-state index contributed by atoms with van der Waals surface area (Å²) in [7, 11) is 4.27. The van der Waals surface area contributed by atoms with Crippen LogP contribution in [0.4, 0.5) is 0 Å². The summed E-state index contributed by atoms with van der Waals surface area (Å²) in [6.45, 7) is 0. The van der Waals surface area contributed by atoms with Crippen molar-refractivity contribution in [2.45, 2.75) is 0 Å². The number of ether oxygens (including phenoxy) is 2. The van der Waals surface area contributed by atoms with Crippen LogP contribution in [0.2, 0.25) is 0 Å². The lowest BCUT2D eigenvalue weighted by atomic mass is 10.3. The van der Waals surface area contributed by atoms with E-state index < -0.39 is 8.15 Å². The van der Waals surface area contributed by atoms with E-state index in [9.17, 15) is 0 Å². The topological polar surface area (TPSA) is 27.7 Å². The molecule has 0 N–H and O–H groups in total. The first-order valence-corrected chi connectivity index (χ1v) is 7.17. The molecule has 0 radical (unpaired) electrons. The molecule has 0 spiro atoms. The van der Waals surface area contributed by atoms with E-state index in [1.807, 2.05) is 48.5 Å². The third-order valence-electron chi connectivity index (χ3n) is 2.80. The van der Waals surface area contributed by atoms with Gasteiger partial charge in [0.15, 0.2) is 0 Å². The SMILES string of the molecule is Br.COc1ccc(P(OC)c2ccc(OC)cc2)cc1. The Balaban J connectivity index is 0.00000200. The number of rotatable bonds is 5. The van der Waals surface area contributed by atoms with Gasteiger partial charge >= 0.3 is 0 Å². The van der Waals surface area contributed by atoms with Crippen LogP contribution >= 0.6 is 25.1 Å². The van der Waals surface area contributed by atoms with Crippen molar-refractivity contribution in [2.75, 3.05) is 21.3 Å². The zero-order chi connectivity index (χ0) is 13.7. The van der Waals surface area contributed by atoms with Crippen LogP contribution in [-0.2, 0) is 4.52 Å². The maximum Gasteiger partial charge on any atom is 0.118 e. The minimum atomic E-state index is -0.795. The molecule has 0 aliphatic carbocycles. The first-order valence-electron chi connectivity index (χ1n) is 5.91. The van der Waals surface area contributed by atoms with E-state index in [0.717, 1.165) is 22.1 Å². The molecular formula is C15H18BrO3P. The molecule has 3 nitrogen and oxygen atoms in total. The second-order valence-electron chi connectivity index (χ2n) is 3.87. The van der Waals surface area contributed by atoms with E-state index in [1.165, 1.54) is 0 Å². The first-order chi connectivity index (χ1) is 9.28. The van der Waals surface area contributed by atoms with Crippen LogP contribution in [0.25, 0.3) is 0 Å². The highest BCUT2D eigenvalue weighted by Gasteiger charge is 2.13. The third kappa shape index (κ3) is 3.95. The summed E-state index contributed by atoms with van der Waals surface area (Å²) in [6.07, 6.45) is 0. The van der Waals surface area contributed by atoms with Gasteiger partial charge in [-0.05, 0) is 48.5 Å². The van der Waals surface area contributed by atoms with E-state index in [4.69, 9.17) is 14.0 Å². The van der Waals surface area contributed by atoms with Crippen molar-refractivity contribution in [1.29, 1.82) is 0 Å². The Bertz CT molecular complexity index is 466. The Labute approximate surface area is 131 Å². The van der Waals surface area contributed by atoms with Gasteiger partial charge in [0, 0.05) is 17.7 Å². The number of benzene rings is 2. The van der Waals surface area contributed by atoms with E-state index in [2.05, 4.69) is 0 Å². The van der Waals surface area contributed by atoms with Crippen molar-refractivity contribution >= 4 is 35.7 Å². The van der Waals surface area contributed by atoms with Gasteiger partial charge in [-0.25, -0.2) is 0 Å².